The van der Waals surface area contributed by atoms with Crippen molar-refractivity contribution in [2.75, 3.05) is 30.3 Å². The largest absolute Gasteiger partial charge is 0.353 e. The number of anilines is 1. The fraction of sp³-hybridized carbons (Fsp3) is 0.750. The standard InChI is InChI=1S/C24H36ClN5O2S/c1-17-15-29(12-13-30(17)23(32)18-8-4-2-5-9-18)21-14-20(25)27-24(28-21)33-16-22(31)26-19-10-6-3-7-11-19/h14,17-19H,2-13,15-16H2,1H3,(H,26,31). The summed E-state index contributed by atoms with van der Waals surface area (Å²) in [6, 6.07) is 2.20. The number of hydrogen-bond donors (Lipinski definition) is 1. The molecule has 2 heterocycles. The zero-order valence-corrected chi connectivity index (χ0v) is 21.2. The smallest absolute Gasteiger partial charge is 0.230 e. The molecule has 4 rings (SSSR count). The van der Waals surface area contributed by atoms with Crippen molar-refractivity contribution in [1.29, 1.82) is 0 Å². The van der Waals surface area contributed by atoms with Gasteiger partial charge in [-0.25, -0.2) is 9.97 Å². The number of hydrogen-bond acceptors (Lipinski definition) is 6. The lowest BCUT2D eigenvalue weighted by Gasteiger charge is -2.42. The van der Waals surface area contributed by atoms with Crippen molar-refractivity contribution in [3.63, 3.8) is 0 Å². The molecule has 2 aliphatic carbocycles. The van der Waals surface area contributed by atoms with Crippen LogP contribution < -0.4 is 10.2 Å². The zero-order chi connectivity index (χ0) is 23.2. The Hall–Kier alpha value is -1.54. The van der Waals surface area contributed by atoms with Crippen LogP contribution in [0.4, 0.5) is 5.82 Å². The summed E-state index contributed by atoms with van der Waals surface area (Å²) in [5, 5.41) is 4.03. The zero-order valence-electron chi connectivity index (χ0n) is 19.6. The molecule has 0 radical (unpaired) electrons. The summed E-state index contributed by atoms with van der Waals surface area (Å²) < 4.78 is 0. The Kier molecular flexibility index (Phi) is 8.74. The molecule has 2 saturated carbocycles. The third-order valence-electron chi connectivity index (χ3n) is 7.15. The van der Waals surface area contributed by atoms with Crippen molar-refractivity contribution in [3.8, 4) is 0 Å². The minimum atomic E-state index is 0.0282. The normalized spacial score (nSPS) is 22.9. The van der Waals surface area contributed by atoms with Gasteiger partial charge in [0.2, 0.25) is 11.8 Å². The van der Waals surface area contributed by atoms with Crippen LogP contribution in [0.25, 0.3) is 0 Å². The molecule has 1 saturated heterocycles. The third kappa shape index (κ3) is 6.75. The van der Waals surface area contributed by atoms with E-state index in [1.807, 2.05) is 0 Å². The molecule has 0 spiro atoms. The van der Waals surface area contributed by atoms with Crippen LogP contribution in [0.3, 0.4) is 0 Å². The molecule has 0 bridgehead atoms. The maximum Gasteiger partial charge on any atom is 0.230 e. The van der Waals surface area contributed by atoms with Crippen LogP contribution in [-0.2, 0) is 9.59 Å². The third-order valence-corrected chi connectivity index (χ3v) is 8.19. The second-order valence-corrected chi connectivity index (χ2v) is 11.0. The van der Waals surface area contributed by atoms with Gasteiger partial charge in [-0.15, -0.1) is 0 Å². The Morgan fingerprint density at radius 1 is 1.06 bits per heavy atom. The summed E-state index contributed by atoms with van der Waals surface area (Å²) >= 11 is 7.63. The van der Waals surface area contributed by atoms with Crippen molar-refractivity contribution in [3.05, 3.63) is 11.2 Å². The van der Waals surface area contributed by atoms with E-state index < -0.39 is 0 Å². The van der Waals surface area contributed by atoms with Crippen LogP contribution in [0.1, 0.15) is 71.1 Å². The minimum Gasteiger partial charge on any atom is -0.353 e. The molecule has 1 aromatic heterocycles. The summed E-state index contributed by atoms with van der Waals surface area (Å²) in [6.45, 7) is 4.26. The van der Waals surface area contributed by atoms with Crippen molar-refractivity contribution in [1.82, 2.24) is 20.2 Å². The fourth-order valence-electron chi connectivity index (χ4n) is 5.34. The number of amides is 2. The van der Waals surface area contributed by atoms with Crippen molar-refractivity contribution < 1.29 is 9.59 Å². The quantitative estimate of drug-likeness (QED) is 0.362. The molecule has 182 valence electrons. The SMILES string of the molecule is CC1CN(c2cc(Cl)nc(SCC(=O)NC3CCCCC3)n2)CCN1C(=O)C1CCCCC1. The minimum absolute atomic E-state index is 0.0282. The highest BCUT2D eigenvalue weighted by Gasteiger charge is 2.33. The van der Waals surface area contributed by atoms with E-state index in [1.165, 1.54) is 50.3 Å². The number of rotatable bonds is 6. The van der Waals surface area contributed by atoms with Crippen LogP contribution in [-0.4, -0.2) is 64.2 Å². The van der Waals surface area contributed by atoms with Crippen molar-refractivity contribution in [2.45, 2.75) is 88.4 Å². The first-order valence-electron chi connectivity index (χ1n) is 12.5. The number of aromatic nitrogens is 2. The maximum atomic E-state index is 13.0. The number of halogens is 1. The molecule has 9 heteroatoms. The monoisotopic (exact) mass is 493 g/mol. The van der Waals surface area contributed by atoms with E-state index in [-0.39, 0.29) is 23.6 Å². The van der Waals surface area contributed by atoms with Gasteiger partial charge in [0, 0.05) is 43.7 Å². The average Bonchev–Trinajstić information content (AvgIpc) is 2.83. The second-order valence-electron chi connectivity index (χ2n) is 9.68. The maximum absolute atomic E-state index is 13.0. The first-order valence-corrected chi connectivity index (χ1v) is 13.9. The van der Waals surface area contributed by atoms with Gasteiger partial charge in [0.05, 0.1) is 5.75 Å². The summed E-state index contributed by atoms with van der Waals surface area (Å²) in [7, 11) is 0. The van der Waals surface area contributed by atoms with E-state index in [9.17, 15) is 9.59 Å². The molecular weight excluding hydrogens is 458 g/mol. The van der Waals surface area contributed by atoms with Crippen LogP contribution >= 0.6 is 23.4 Å². The van der Waals surface area contributed by atoms with E-state index in [0.29, 0.717) is 28.8 Å². The molecule has 0 aromatic carbocycles. The fourth-order valence-corrected chi connectivity index (χ4v) is 6.23. The van der Waals surface area contributed by atoms with E-state index in [4.69, 9.17) is 11.6 Å². The predicted molar refractivity (Wildman–Crippen MR) is 133 cm³/mol. The molecule has 3 aliphatic rings. The van der Waals surface area contributed by atoms with E-state index in [0.717, 1.165) is 44.6 Å². The molecule has 1 atom stereocenters. The topological polar surface area (TPSA) is 78.4 Å². The lowest BCUT2D eigenvalue weighted by Crippen LogP contribution is -2.55. The summed E-state index contributed by atoms with van der Waals surface area (Å²) in [5.41, 5.74) is 0. The van der Waals surface area contributed by atoms with Gasteiger partial charge in [-0.1, -0.05) is 61.9 Å². The van der Waals surface area contributed by atoms with E-state index in [2.05, 4.69) is 32.0 Å². The van der Waals surface area contributed by atoms with E-state index in [1.54, 1.807) is 6.07 Å². The molecule has 3 fully saturated rings. The predicted octanol–water partition coefficient (Wildman–Crippen LogP) is 4.29. The average molecular weight is 494 g/mol. The molecule has 1 aliphatic heterocycles. The Morgan fingerprint density at radius 2 is 1.76 bits per heavy atom. The Balaban J connectivity index is 1.31. The van der Waals surface area contributed by atoms with Crippen LogP contribution in [0, 0.1) is 5.92 Å². The number of piperazine rings is 1. The first kappa shape index (κ1) is 24.6. The van der Waals surface area contributed by atoms with Crippen LogP contribution in [0.15, 0.2) is 11.2 Å². The highest BCUT2D eigenvalue weighted by atomic mass is 35.5. The highest BCUT2D eigenvalue weighted by molar-refractivity contribution is 7.99. The summed E-state index contributed by atoms with van der Waals surface area (Å²) in [5.74, 6) is 1.60. The molecule has 1 aromatic rings. The van der Waals surface area contributed by atoms with Gasteiger partial charge in [-0.05, 0) is 32.6 Å². The molecule has 1 unspecified atom stereocenters. The number of thioether (sulfide) groups is 1. The number of nitrogens with zero attached hydrogens (tertiary/aromatic N) is 4. The van der Waals surface area contributed by atoms with Gasteiger partial charge in [-0.3, -0.25) is 9.59 Å². The molecule has 33 heavy (non-hydrogen) atoms. The lowest BCUT2D eigenvalue weighted by molar-refractivity contribution is -0.139. The molecular formula is C24H36ClN5O2S. The van der Waals surface area contributed by atoms with Gasteiger partial charge in [0.25, 0.3) is 0 Å². The number of carbonyl (C=O) groups excluding carboxylic acids is 2. The van der Waals surface area contributed by atoms with E-state index >= 15 is 0 Å². The number of carbonyl (C=O) groups is 2. The van der Waals surface area contributed by atoms with Gasteiger partial charge in [-0.2, -0.15) is 0 Å². The highest BCUT2D eigenvalue weighted by Crippen LogP contribution is 2.28. The number of nitrogens with one attached hydrogen (secondary N) is 1. The molecule has 2 amide bonds. The second kappa shape index (κ2) is 11.7. The Morgan fingerprint density at radius 3 is 2.45 bits per heavy atom. The first-order chi connectivity index (χ1) is 16.0. The Bertz CT molecular complexity index is 829. The summed E-state index contributed by atoms with van der Waals surface area (Å²) in [6.07, 6.45) is 11.4. The van der Waals surface area contributed by atoms with Gasteiger partial charge < -0.3 is 15.1 Å². The molecule has 7 nitrogen and oxygen atoms in total. The van der Waals surface area contributed by atoms with Crippen LogP contribution in [0.2, 0.25) is 5.15 Å². The van der Waals surface area contributed by atoms with Crippen molar-refractivity contribution in [2.24, 2.45) is 5.92 Å². The lowest BCUT2D eigenvalue weighted by atomic mass is 9.88. The Labute approximate surface area is 206 Å². The van der Waals surface area contributed by atoms with Gasteiger partial charge in [0.1, 0.15) is 11.0 Å². The molecule has 1 N–H and O–H groups in total. The summed E-state index contributed by atoms with van der Waals surface area (Å²) in [4.78, 5) is 38.6. The van der Waals surface area contributed by atoms with Gasteiger partial charge >= 0.3 is 0 Å². The van der Waals surface area contributed by atoms with Gasteiger partial charge in [0.15, 0.2) is 5.16 Å². The van der Waals surface area contributed by atoms with Crippen molar-refractivity contribution >= 4 is 41.0 Å². The van der Waals surface area contributed by atoms with Crippen LogP contribution in [0.5, 0.6) is 0 Å².